The summed E-state index contributed by atoms with van der Waals surface area (Å²) in [5.41, 5.74) is 0. The third-order valence-electron chi connectivity index (χ3n) is 2.80. The topological polar surface area (TPSA) is 52.7 Å². The van der Waals surface area contributed by atoms with Gasteiger partial charge in [0, 0.05) is 33.2 Å². The molecule has 17 heavy (non-hydrogen) atoms. The van der Waals surface area contributed by atoms with Crippen LogP contribution in [0.25, 0.3) is 0 Å². The van der Waals surface area contributed by atoms with Crippen LogP contribution in [0, 0.1) is 5.92 Å². The van der Waals surface area contributed by atoms with E-state index in [4.69, 9.17) is 0 Å². The van der Waals surface area contributed by atoms with E-state index in [0.717, 1.165) is 19.5 Å². The molecule has 0 aromatic rings. The molecule has 98 valence electrons. The van der Waals surface area contributed by atoms with Gasteiger partial charge in [-0.2, -0.15) is 0 Å². The highest BCUT2D eigenvalue weighted by Crippen LogP contribution is 2.01. The second-order valence-corrected chi connectivity index (χ2v) is 4.98. The van der Waals surface area contributed by atoms with Gasteiger partial charge in [0.25, 0.3) is 0 Å². The van der Waals surface area contributed by atoms with E-state index in [1.807, 2.05) is 13.8 Å². The Kier molecular flexibility index (Phi) is 5.41. The van der Waals surface area contributed by atoms with Crippen LogP contribution in [-0.2, 0) is 9.59 Å². The van der Waals surface area contributed by atoms with Gasteiger partial charge in [0.2, 0.25) is 0 Å². The minimum atomic E-state index is -0.388. The molecule has 1 fully saturated rings. The first-order chi connectivity index (χ1) is 8.02. The summed E-state index contributed by atoms with van der Waals surface area (Å²) in [6, 6.07) is 0. The molecule has 1 rings (SSSR count). The molecular formula is C12H23N3O2. The van der Waals surface area contributed by atoms with Crippen LogP contribution in [0.3, 0.4) is 0 Å². The minimum absolute atomic E-state index is 0.364. The van der Waals surface area contributed by atoms with E-state index in [1.165, 1.54) is 4.90 Å². The number of rotatable bonds is 2. The van der Waals surface area contributed by atoms with E-state index in [-0.39, 0.29) is 11.8 Å². The van der Waals surface area contributed by atoms with Crippen molar-refractivity contribution in [2.75, 3.05) is 39.8 Å². The Morgan fingerprint density at radius 3 is 2.65 bits per heavy atom. The third kappa shape index (κ3) is 4.34. The number of amides is 2. The van der Waals surface area contributed by atoms with Crippen molar-refractivity contribution in [3.8, 4) is 0 Å². The van der Waals surface area contributed by atoms with Crippen molar-refractivity contribution in [3.63, 3.8) is 0 Å². The fourth-order valence-corrected chi connectivity index (χ4v) is 1.98. The predicted molar refractivity (Wildman–Crippen MR) is 66.5 cm³/mol. The second kappa shape index (κ2) is 6.59. The van der Waals surface area contributed by atoms with Crippen molar-refractivity contribution in [1.29, 1.82) is 0 Å². The summed E-state index contributed by atoms with van der Waals surface area (Å²) in [7, 11) is 1.69. The van der Waals surface area contributed by atoms with Crippen molar-refractivity contribution in [2.45, 2.75) is 20.3 Å². The molecule has 1 heterocycles. The summed E-state index contributed by atoms with van der Waals surface area (Å²) >= 11 is 0. The van der Waals surface area contributed by atoms with E-state index in [0.29, 0.717) is 25.6 Å². The molecule has 0 bridgehead atoms. The van der Waals surface area contributed by atoms with Crippen LogP contribution in [0.4, 0.5) is 0 Å². The molecule has 1 aliphatic rings. The second-order valence-electron chi connectivity index (χ2n) is 4.98. The van der Waals surface area contributed by atoms with Gasteiger partial charge in [-0.05, 0) is 18.9 Å². The van der Waals surface area contributed by atoms with Gasteiger partial charge in [-0.1, -0.05) is 13.8 Å². The Hall–Kier alpha value is -1.10. The first-order valence-corrected chi connectivity index (χ1v) is 6.27. The lowest BCUT2D eigenvalue weighted by Gasteiger charge is -2.24. The number of nitrogens with one attached hydrogen (secondary N) is 1. The Balaban J connectivity index is 2.52. The van der Waals surface area contributed by atoms with E-state index < -0.39 is 0 Å². The minimum Gasteiger partial charge on any atom is -0.337 e. The molecule has 0 unspecified atom stereocenters. The van der Waals surface area contributed by atoms with Crippen molar-refractivity contribution in [2.24, 2.45) is 5.92 Å². The normalized spacial score (nSPS) is 16.8. The van der Waals surface area contributed by atoms with Gasteiger partial charge in [0.05, 0.1) is 0 Å². The number of carbonyl (C=O) groups is 2. The summed E-state index contributed by atoms with van der Waals surface area (Å²) < 4.78 is 0. The van der Waals surface area contributed by atoms with E-state index in [2.05, 4.69) is 5.32 Å². The van der Waals surface area contributed by atoms with Crippen LogP contribution in [0.5, 0.6) is 0 Å². The molecule has 1 aliphatic heterocycles. The number of hydrogen-bond acceptors (Lipinski definition) is 3. The fourth-order valence-electron chi connectivity index (χ4n) is 1.98. The first kappa shape index (κ1) is 14.0. The standard InChI is InChI=1S/C12H23N3O2/c1-10(2)9-14(3)11(16)12(17)15-7-4-5-13-6-8-15/h10,13H,4-9H2,1-3H3. The van der Waals surface area contributed by atoms with E-state index in [1.54, 1.807) is 11.9 Å². The molecule has 0 aromatic heterocycles. The highest BCUT2D eigenvalue weighted by atomic mass is 16.2. The average molecular weight is 241 g/mol. The number of hydrogen-bond donors (Lipinski definition) is 1. The monoisotopic (exact) mass is 241 g/mol. The zero-order valence-corrected chi connectivity index (χ0v) is 11.0. The van der Waals surface area contributed by atoms with E-state index in [9.17, 15) is 9.59 Å². The average Bonchev–Trinajstić information content (AvgIpc) is 2.54. The summed E-state index contributed by atoms with van der Waals surface area (Å²) in [6.07, 6.45) is 0.910. The predicted octanol–water partition coefficient (Wildman–Crippen LogP) is -0.0773. The molecule has 0 aliphatic carbocycles. The van der Waals surface area contributed by atoms with Gasteiger partial charge >= 0.3 is 11.8 Å². The summed E-state index contributed by atoms with van der Waals surface area (Å²) in [4.78, 5) is 27.1. The highest BCUT2D eigenvalue weighted by molar-refractivity contribution is 6.34. The number of carbonyl (C=O) groups excluding carboxylic acids is 2. The zero-order valence-electron chi connectivity index (χ0n) is 11.0. The van der Waals surface area contributed by atoms with Crippen LogP contribution < -0.4 is 5.32 Å². The Morgan fingerprint density at radius 2 is 2.00 bits per heavy atom. The quantitative estimate of drug-likeness (QED) is 0.688. The summed E-state index contributed by atoms with van der Waals surface area (Å²) in [5, 5.41) is 3.21. The molecule has 5 heteroatoms. The van der Waals surface area contributed by atoms with Gasteiger partial charge in [0.1, 0.15) is 0 Å². The molecule has 2 amide bonds. The van der Waals surface area contributed by atoms with Crippen molar-refractivity contribution < 1.29 is 9.59 Å². The maximum absolute atomic E-state index is 12.0. The van der Waals surface area contributed by atoms with Crippen LogP contribution in [0.15, 0.2) is 0 Å². The number of likely N-dealkylation sites (N-methyl/N-ethyl adjacent to an activating group) is 1. The largest absolute Gasteiger partial charge is 0.337 e. The van der Waals surface area contributed by atoms with Crippen LogP contribution in [-0.4, -0.2) is 61.4 Å². The molecule has 5 nitrogen and oxygen atoms in total. The van der Waals surface area contributed by atoms with Crippen LogP contribution >= 0.6 is 0 Å². The molecule has 0 aromatic carbocycles. The first-order valence-electron chi connectivity index (χ1n) is 6.27. The third-order valence-corrected chi connectivity index (χ3v) is 2.80. The van der Waals surface area contributed by atoms with Gasteiger partial charge in [0.15, 0.2) is 0 Å². The highest BCUT2D eigenvalue weighted by Gasteiger charge is 2.25. The van der Waals surface area contributed by atoms with Gasteiger partial charge in [-0.25, -0.2) is 0 Å². The van der Waals surface area contributed by atoms with Crippen LogP contribution in [0.1, 0.15) is 20.3 Å². The maximum Gasteiger partial charge on any atom is 0.312 e. The van der Waals surface area contributed by atoms with Crippen molar-refractivity contribution in [1.82, 2.24) is 15.1 Å². The molecule has 0 radical (unpaired) electrons. The van der Waals surface area contributed by atoms with Crippen molar-refractivity contribution in [3.05, 3.63) is 0 Å². The molecule has 0 saturated carbocycles. The fraction of sp³-hybridized carbons (Fsp3) is 0.833. The number of nitrogens with zero attached hydrogens (tertiary/aromatic N) is 2. The van der Waals surface area contributed by atoms with Crippen LogP contribution in [0.2, 0.25) is 0 Å². The smallest absolute Gasteiger partial charge is 0.312 e. The van der Waals surface area contributed by atoms with Gasteiger partial charge in [-0.15, -0.1) is 0 Å². The zero-order chi connectivity index (χ0) is 12.8. The molecule has 1 saturated heterocycles. The van der Waals surface area contributed by atoms with E-state index >= 15 is 0 Å². The summed E-state index contributed by atoms with van der Waals surface area (Å²) in [6.45, 7) is 7.67. The lowest BCUT2D eigenvalue weighted by atomic mass is 10.2. The van der Waals surface area contributed by atoms with Gasteiger partial charge < -0.3 is 15.1 Å². The Bertz CT molecular complexity index is 271. The molecule has 0 spiro atoms. The lowest BCUT2D eigenvalue weighted by Crippen LogP contribution is -2.45. The Morgan fingerprint density at radius 1 is 1.29 bits per heavy atom. The lowest BCUT2D eigenvalue weighted by molar-refractivity contribution is -0.151. The Labute approximate surface area is 103 Å². The molecule has 0 atom stereocenters. The maximum atomic E-state index is 12.0. The SMILES string of the molecule is CC(C)CN(C)C(=O)C(=O)N1CCCNCC1. The molecular weight excluding hydrogens is 218 g/mol. The molecule has 1 N–H and O–H groups in total. The van der Waals surface area contributed by atoms with Crippen molar-refractivity contribution >= 4 is 11.8 Å². The van der Waals surface area contributed by atoms with Gasteiger partial charge in [-0.3, -0.25) is 9.59 Å². The summed E-state index contributed by atoms with van der Waals surface area (Å²) in [5.74, 6) is -0.375.